The molecule has 0 atom stereocenters. The first-order chi connectivity index (χ1) is 8.72. The fourth-order valence-electron chi connectivity index (χ4n) is 2.21. The summed E-state index contributed by atoms with van der Waals surface area (Å²) in [6.45, 7) is 6.11. The number of nitrogens with zero attached hydrogens (tertiary/aromatic N) is 3. The molecule has 0 bridgehead atoms. The van der Waals surface area contributed by atoms with E-state index in [1.807, 2.05) is 0 Å². The molecular weight excluding hydrogens is 224 g/mol. The minimum absolute atomic E-state index is 0.648. The van der Waals surface area contributed by atoms with Crippen LogP contribution in [0.15, 0.2) is 0 Å². The number of aromatic nitrogens is 2. The van der Waals surface area contributed by atoms with Crippen LogP contribution < -0.4 is 5.32 Å². The lowest BCUT2D eigenvalue weighted by Crippen LogP contribution is -2.16. The molecule has 1 aliphatic rings. The second kappa shape index (κ2) is 6.01. The van der Waals surface area contributed by atoms with Gasteiger partial charge in [-0.05, 0) is 39.5 Å². The molecule has 0 amide bonds. The molecule has 1 saturated carbocycles. The summed E-state index contributed by atoms with van der Waals surface area (Å²) in [5, 5.41) is 16.7. The van der Waals surface area contributed by atoms with E-state index < -0.39 is 0 Å². The van der Waals surface area contributed by atoms with Gasteiger partial charge < -0.3 is 5.32 Å². The van der Waals surface area contributed by atoms with E-state index in [4.69, 9.17) is 5.26 Å². The molecule has 0 spiro atoms. The highest BCUT2D eigenvalue weighted by molar-refractivity contribution is 5.24. The molecule has 4 nitrogen and oxygen atoms in total. The Bertz CT molecular complexity index is 437. The van der Waals surface area contributed by atoms with Crippen molar-refractivity contribution in [2.45, 2.75) is 65.1 Å². The standard InChI is InChI=1S/C14H22N4/c1-11-14(10-16-13-6-7-13)12(2)18(17-11)9-5-3-4-8-15/h13,16H,3-7,9-10H2,1-2H3. The van der Waals surface area contributed by atoms with Gasteiger partial charge in [0.25, 0.3) is 0 Å². The molecule has 0 saturated heterocycles. The van der Waals surface area contributed by atoms with Crippen LogP contribution in [0.3, 0.4) is 0 Å². The minimum atomic E-state index is 0.648. The zero-order chi connectivity index (χ0) is 13.0. The maximum Gasteiger partial charge on any atom is 0.0641 e. The molecular formula is C14H22N4. The topological polar surface area (TPSA) is 53.6 Å². The first-order valence-electron chi connectivity index (χ1n) is 6.85. The van der Waals surface area contributed by atoms with Gasteiger partial charge in [-0.25, -0.2) is 0 Å². The number of nitrogens with one attached hydrogen (secondary N) is 1. The van der Waals surface area contributed by atoms with Crippen LogP contribution in [0.25, 0.3) is 0 Å². The van der Waals surface area contributed by atoms with Crippen LogP contribution >= 0.6 is 0 Å². The highest BCUT2D eigenvalue weighted by atomic mass is 15.3. The van der Waals surface area contributed by atoms with Crippen molar-refractivity contribution in [2.24, 2.45) is 0 Å². The molecule has 0 aromatic carbocycles. The lowest BCUT2D eigenvalue weighted by molar-refractivity contribution is 0.546. The Labute approximate surface area is 109 Å². The van der Waals surface area contributed by atoms with Crippen LogP contribution in [0.2, 0.25) is 0 Å². The number of aryl methyl sites for hydroxylation is 2. The van der Waals surface area contributed by atoms with Crippen molar-refractivity contribution in [3.8, 4) is 6.07 Å². The van der Waals surface area contributed by atoms with Gasteiger partial charge in [0, 0.05) is 36.8 Å². The van der Waals surface area contributed by atoms with Gasteiger partial charge in [-0.2, -0.15) is 10.4 Å². The number of nitriles is 1. The summed E-state index contributed by atoms with van der Waals surface area (Å²) in [4.78, 5) is 0. The summed E-state index contributed by atoms with van der Waals surface area (Å²) in [6.07, 6.45) is 5.28. The molecule has 1 N–H and O–H groups in total. The van der Waals surface area contributed by atoms with E-state index in [1.54, 1.807) is 0 Å². The predicted octanol–water partition coefficient (Wildman–Crippen LogP) is 2.45. The number of unbranched alkanes of at least 4 members (excludes halogenated alkanes) is 2. The van der Waals surface area contributed by atoms with Gasteiger partial charge in [0.05, 0.1) is 11.8 Å². The van der Waals surface area contributed by atoms with Gasteiger partial charge in [0.15, 0.2) is 0 Å². The molecule has 0 radical (unpaired) electrons. The van der Waals surface area contributed by atoms with Crippen molar-refractivity contribution >= 4 is 0 Å². The summed E-state index contributed by atoms with van der Waals surface area (Å²) in [6, 6.07) is 2.92. The summed E-state index contributed by atoms with van der Waals surface area (Å²) in [5.41, 5.74) is 3.76. The van der Waals surface area contributed by atoms with E-state index in [2.05, 4.69) is 35.0 Å². The van der Waals surface area contributed by atoms with Crippen molar-refractivity contribution in [1.29, 1.82) is 5.26 Å². The molecule has 1 heterocycles. The third kappa shape index (κ3) is 3.33. The lowest BCUT2D eigenvalue weighted by Gasteiger charge is -2.05. The van der Waals surface area contributed by atoms with E-state index >= 15 is 0 Å². The fourth-order valence-corrected chi connectivity index (χ4v) is 2.21. The predicted molar refractivity (Wildman–Crippen MR) is 71.0 cm³/mol. The molecule has 0 unspecified atom stereocenters. The molecule has 1 aromatic heterocycles. The third-order valence-electron chi connectivity index (χ3n) is 3.58. The normalized spacial score (nSPS) is 14.7. The summed E-state index contributed by atoms with van der Waals surface area (Å²) in [7, 11) is 0. The molecule has 1 aromatic rings. The largest absolute Gasteiger partial charge is 0.310 e. The summed E-state index contributed by atoms with van der Waals surface area (Å²) in [5.74, 6) is 0. The monoisotopic (exact) mass is 246 g/mol. The maximum atomic E-state index is 8.51. The van der Waals surface area contributed by atoms with Crippen LogP contribution in [0.4, 0.5) is 0 Å². The van der Waals surface area contributed by atoms with E-state index in [0.29, 0.717) is 6.42 Å². The van der Waals surface area contributed by atoms with Crippen molar-refractivity contribution in [3.05, 3.63) is 17.0 Å². The van der Waals surface area contributed by atoms with Crippen molar-refractivity contribution in [1.82, 2.24) is 15.1 Å². The van der Waals surface area contributed by atoms with Crippen LogP contribution in [0.5, 0.6) is 0 Å². The summed E-state index contributed by atoms with van der Waals surface area (Å²) < 4.78 is 2.09. The van der Waals surface area contributed by atoms with Crippen LogP contribution in [-0.4, -0.2) is 15.8 Å². The molecule has 18 heavy (non-hydrogen) atoms. The highest BCUT2D eigenvalue weighted by Gasteiger charge is 2.21. The number of hydrogen-bond donors (Lipinski definition) is 1. The minimum Gasteiger partial charge on any atom is -0.310 e. The average molecular weight is 246 g/mol. The molecule has 98 valence electrons. The van der Waals surface area contributed by atoms with Gasteiger partial charge in [-0.15, -0.1) is 0 Å². The number of hydrogen-bond acceptors (Lipinski definition) is 3. The van der Waals surface area contributed by atoms with E-state index in [9.17, 15) is 0 Å². The Morgan fingerprint density at radius 1 is 1.39 bits per heavy atom. The Kier molecular flexibility index (Phi) is 4.38. The van der Waals surface area contributed by atoms with Crippen LogP contribution in [0, 0.1) is 25.2 Å². The van der Waals surface area contributed by atoms with Crippen molar-refractivity contribution < 1.29 is 0 Å². The van der Waals surface area contributed by atoms with Gasteiger partial charge in [0.2, 0.25) is 0 Å². The molecule has 0 aliphatic heterocycles. The third-order valence-corrected chi connectivity index (χ3v) is 3.58. The zero-order valence-corrected chi connectivity index (χ0v) is 11.4. The molecule has 4 heteroatoms. The lowest BCUT2D eigenvalue weighted by atomic mass is 10.2. The van der Waals surface area contributed by atoms with Crippen LogP contribution in [0.1, 0.15) is 49.1 Å². The highest BCUT2D eigenvalue weighted by Crippen LogP contribution is 2.21. The smallest absolute Gasteiger partial charge is 0.0641 e. The average Bonchev–Trinajstić information content (AvgIpc) is 3.13. The second-order valence-electron chi connectivity index (χ2n) is 5.14. The molecule has 1 fully saturated rings. The van der Waals surface area contributed by atoms with Gasteiger partial charge >= 0.3 is 0 Å². The maximum absolute atomic E-state index is 8.51. The molecule has 1 aliphatic carbocycles. The van der Waals surface area contributed by atoms with Crippen molar-refractivity contribution in [2.75, 3.05) is 0 Å². The van der Waals surface area contributed by atoms with Crippen molar-refractivity contribution in [3.63, 3.8) is 0 Å². The Hall–Kier alpha value is -1.34. The summed E-state index contributed by atoms with van der Waals surface area (Å²) >= 11 is 0. The second-order valence-corrected chi connectivity index (χ2v) is 5.14. The Morgan fingerprint density at radius 3 is 2.83 bits per heavy atom. The number of rotatable bonds is 7. The Morgan fingerprint density at radius 2 is 2.17 bits per heavy atom. The van der Waals surface area contributed by atoms with Gasteiger partial charge in [-0.3, -0.25) is 4.68 Å². The fraction of sp³-hybridized carbons (Fsp3) is 0.714. The Balaban J connectivity index is 1.90. The molecule has 2 rings (SSSR count). The first kappa shape index (κ1) is 13.1. The van der Waals surface area contributed by atoms with E-state index in [1.165, 1.54) is 24.1 Å². The SMILES string of the molecule is Cc1nn(CCCCC#N)c(C)c1CNC1CC1. The zero-order valence-electron chi connectivity index (χ0n) is 11.4. The quantitative estimate of drug-likeness (QED) is 0.752. The van der Waals surface area contributed by atoms with Gasteiger partial charge in [-0.1, -0.05) is 0 Å². The van der Waals surface area contributed by atoms with Gasteiger partial charge in [0.1, 0.15) is 0 Å². The van der Waals surface area contributed by atoms with E-state index in [0.717, 1.165) is 37.7 Å². The van der Waals surface area contributed by atoms with Crippen LogP contribution in [-0.2, 0) is 13.1 Å². The first-order valence-corrected chi connectivity index (χ1v) is 6.85. The van der Waals surface area contributed by atoms with E-state index in [-0.39, 0.29) is 0 Å².